The summed E-state index contributed by atoms with van der Waals surface area (Å²) < 4.78 is 0. The number of rotatable bonds is 2. The van der Waals surface area contributed by atoms with E-state index < -0.39 is 0 Å². The van der Waals surface area contributed by atoms with E-state index in [1.54, 1.807) is 11.2 Å². The van der Waals surface area contributed by atoms with Crippen molar-refractivity contribution in [2.45, 2.75) is 70.3 Å². The highest BCUT2D eigenvalue weighted by atomic mass is 32.1. The Morgan fingerprint density at radius 1 is 0.952 bits per heavy atom. The Labute approximate surface area is 130 Å². The average Bonchev–Trinajstić information content (AvgIpc) is 2.70. The lowest BCUT2D eigenvalue weighted by molar-refractivity contribution is 0.618. The summed E-state index contributed by atoms with van der Waals surface area (Å²) in [7, 11) is 0. The molecule has 0 radical (unpaired) electrons. The van der Waals surface area contributed by atoms with Gasteiger partial charge in [0.2, 0.25) is 0 Å². The van der Waals surface area contributed by atoms with E-state index in [4.69, 9.17) is 0 Å². The van der Waals surface area contributed by atoms with Gasteiger partial charge in [-0.05, 0) is 44.1 Å². The number of hydrogen-bond acceptors (Lipinski definition) is 4. The van der Waals surface area contributed by atoms with E-state index in [1.807, 2.05) is 11.3 Å². The predicted octanol–water partition coefficient (Wildman–Crippen LogP) is 4.70. The van der Waals surface area contributed by atoms with Crippen molar-refractivity contribution in [2.75, 3.05) is 5.32 Å². The SMILES string of the molecule is c1nc(NC2CCCCCC2)c2c3c(sc2n1)CCCC3. The van der Waals surface area contributed by atoms with Gasteiger partial charge in [0.25, 0.3) is 0 Å². The van der Waals surface area contributed by atoms with Crippen LogP contribution < -0.4 is 5.32 Å². The van der Waals surface area contributed by atoms with E-state index in [0.29, 0.717) is 6.04 Å². The summed E-state index contributed by atoms with van der Waals surface area (Å²) in [6, 6.07) is 0.602. The largest absolute Gasteiger partial charge is 0.367 e. The summed E-state index contributed by atoms with van der Waals surface area (Å²) in [6.07, 6.45) is 14.9. The van der Waals surface area contributed by atoms with E-state index >= 15 is 0 Å². The third-order valence-electron chi connectivity index (χ3n) is 4.95. The zero-order valence-electron chi connectivity index (χ0n) is 12.5. The first-order chi connectivity index (χ1) is 10.4. The molecule has 112 valence electrons. The lowest BCUT2D eigenvalue weighted by atomic mass is 9.97. The third kappa shape index (κ3) is 2.66. The smallest absolute Gasteiger partial charge is 0.138 e. The Bertz CT molecular complexity index is 626. The Morgan fingerprint density at radius 2 is 1.76 bits per heavy atom. The molecule has 0 amide bonds. The van der Waals surface area contributed by atoms with Gasteiger partial charge in [0, 0.05) is 10.9 Å². The van der Waals surface area contributed by atoms with Gasteiger partial charge in [-0.15, -0.1) is 11.3 Å². The average molecular weight is 301 g/mol. The monoisotopic (exact) mass is 301 g/mol. The van der Waals surface area contributed by atoms with E-state index in [2.05, 4.69) is 15.3 Å². The third-order valence-corrected chi connectivity index (χ3v) is 6.15. The molecule has 4 rings (SSSR count). The fraction of sp³-hybridized carbons (Fsp3) is 0.647. The van der Waals surface area contributed by atoms with Crippen LogP contribution in [0.25, 0.3) is 10.2 Å². The van der Waals surface area contributed by atoms with Crippen molar-refractivity contribution >= 4 is 27.4 Å². The summed E-state index contributed by atoms with van der Waals surface area (Å²) in [5, 5.41) is 5.09. The minimum absolute atomic E-state index is 0.602. The molecule has 0 bridgehead atoms. The van der Waals surface area contributed by atoms with Crippen LogP contribution in [0.3, 0.4) is 0 Å². The van der Waals surface area contributed by atoms with E-state index in [1.165, 1.54) is 80.0 Å². The molecule has 1 fully saturated rings. The Balaban J connectivity index is 1.69. The summed E-state index contributed by atoms with van der Waals surface area (Å²) in [5.41, 5.74) is 1.54. The van der Waals surface area contributed by atoms with Crippen molar-refractivity contribution in [3.63, 3.8) is 0 Å². The molecule has 2 aromatic rings. The van der Waals surface area contributed by atoms with Crippen LogP contribution in [0, 0.1) is 0 Å². The fourth-order valence-corrected chi connectivity index (χ4v) is 5.05. The van der Waals surface area contributed by atoms with Gasteiger partial charge in [0.05, 0.1) is 5.39 Å². The lowest BCUT2D eigenvalue weighted by Crippen LogP contribution is -2.19. The van der Waals surface area contributed by atoms with Crippen LogP contribution in [0.5, 0.6) is 0 Å². The van der Waals surface area contributed by atoms with Gasteiger partial charge in [0.15, 0.2) is 0 Å². The van der Waals surface area contributed by atoms with E-state index in [-0.39, 0.29) is 0 Å². The van der Waals surface area contributed by atoms with Gasteiger partial charge >= 0.3 is 0 Å². The fourth-order valence-electron chi connectivity index (χ4n) is 3.82. The van der Waals surface area contributed by atoms with Gasteiger partial charge in [-0.2, -0.15) is 0 Å². The molecule has 3 nitrogen and oxygen atoms in total. The van der Waals surface area contributed by atoms with Crippen molar-refractivity contribution in [3.8, 4) is 0 Å². The first-order valence-electron chi connectivity index (χ1n) is 8.43. The Hall–Kier alpha value is -1.16. The van der Waals surface area contributed by atoms with E-state index in [0.717, 1.165) is 5.82 Å². The number of fused-ring (bicyclic) bond motifs is 3. The molecule has 1 N–H and O–H groups in total. The molecular weight excluding hydrogens is 278 g/mol. The number of aromatic nitrogens is 2. The minimum atomic E-state index is 0.602. The van der Waals surface area contributed by atoms with E-state index in [9.17, 15) is 0 Å². The highest BCUT2D eigenvalue weighted by Gasteiger charge is 2.21. The topological polar surface area (TPSA) is 37.8 Å². The van der Waals surface area contributed by atoms with Crippen LogP contribution in [-0.4, -0.2) is 16.0 Å². The summed E-state index contributed by atoms with van der Waals surface area (Å²) in [6.45, 7) is 0. The lowest BCUT2D eigenvalue weighted by Gasteiger charge is -2.18. The molecule has 4 heteroatoms. The summed E-state index contributed by atoms with van der Waals surface area (Å²) >= 11 is 1.89. The number of nitrogens with one attached hydrogen (secondary N) is 1. The number of thiophene rings is 1. The minimum Gasteiger partial charge on any atom is -0.367 e. The van der Waals surface area contributed by atoms with Crippen LogP contribution in [0.4, 0.5) is 5.82 Å². The molecule has 0 aliphatic heterocycles. The number of anilines is 1. The maximum Gasteiger partial charge on any atom is 0.138 e. The molecule has 0 atom stereocenters. The van der Waals surface area contributed by atoms with Crippen LogP contribution in [-0.2, 0) is 12.8 Å². The van der Waals surface area contributed by atoms with Crippen molar-refractivity contribution in [1.82, 2.24) is 9.97 Å². The molecule has 21 heavy (non-hydrogen) atoms. The molecule has 0 unspecified atom stereocenters. The van der Waals surface area contributed by atoms with Gasteiger partial charge in [0.1, 0.15) is 17.0 Å². The molecule has 1 saturated carbocycles. The molecule has 0 spiro atoms. The Kier molecular flexibility index (Phi) is 3.80. The second-order valence-electron chi connectivity index (χ2n) is 6.45. The van der Waals surface area contributed by atoms with Crippen molar-refractivity contribution in [1.29, 1.82) is 0 Å². The highest BCUT2D eigenvalue weighted by molar-refractivity contribution is 7.19. The highest BCUT2D eigenvalue weighted by Crippen LogP contribution is 2.38. The van der Waals surface area contributed by atoms with Crippen molar-refractivity contribution in [2.24, 2.45) is 0 Å². The molecule has 0 saturated heterocycles. The Morgan fingerprint density at radius 3 is 2.62 bits per heavy atom. The van der Waals surface area contributed by atoms with Gasteiger partial charge < -0.3 is 5.32 Å². The quantitative estimate of drug-likeness (QED) is 0.817. The maximum atomic E-state index is 4.60. The molecule has 2 aromatic heterocycles. The van der Waals surface area contributed by atoms with Crippen molar-refractivity contribution in [3.05, 3.63) is 16.8 Å². The number of aryl methyl sites for hydroxylation is 2. The van der Waals surface area contributed by atoms with Crippen molar-refractivity contribution < 1.29 is 0 Å². The first kappa shape index (κ1) is 13.5. The number of nitrogens with zero attached hydrogens (tertiary/aromatic N) is 2. The summed E-state index contributed by atoms with van der Waals surface area (Å²) in [5.74, 6) is 1.10. The second-order valence-corrected chi connectivity index (χ2v) is 7.53. The molecule has 2 aliphatic carbocycles. The van der Waals surface area contributed by atoms with Crippen LogP contribution >= 0.6 is 11.3 Å². The molecule has 0 aromatic carbocycles. The maximum absolute atomic E-state index is 4.60. The predicted molar refractivity (Wildman–Crippen MR) is 89.2 cm³/mol. The van der Waals surface area contributed by atoms with Gasteiger partial charge in [-0.3, -0.25) is 0 Å². The second kappa shape index (κ2) is 5.91. The zero-order chi connectivity index (χ0) is 14.1. The molecular formula is C17H23N3S. The van der Waals surface area contributed by atoms with Crippen LogP contribution in [0.15, 0.2) is 6.33 Å². The van der Waals surface area contributed by atoms with Gasteiger partial charge in [-0.25, -0.2) is 9.97 Å². The van der Waals surface area contributed by atoms with Gasteiger partial charge in [-0.1, -0.05) is 25.7 Å². The zero-order valence-corrected chi connectivity index (χ0v) is 13.3. The standard InChI is InChI=1S/C17H23N3S/c1-2-4-8-12(7-3-1)20-16-15-13-9-5-6-10-14(13)21-17(15)19-11-18-16/h11-12H,1-10H2,(H,18,19,20). The molecule has 2 aliphatic rings. The number of hydrogen-bond donors (Lipinski definition) is 1. The molecule has 2 heterocycles. The van der Waals surface area contributed by atoms with Crippen LogP contribution in [0.2, 0.25) is 0 Å². The first-order valence-corrected chi connectivity index (χ1v) is 9.25. The van der Waals surface area contributed by atoms with Crippen LogP contribution in [0.1, 0.15) is 61.8 Å². The normalized spacial score (nSPS) is 20.2. The summed E-state index contributed by atoms with van der Waals surface area (Å²) in [4.78, 5) is 11.9.